The van der Waals surface area contributed by atoms with Crippen LogP contribution in [-0.4, -0.2) is 36.6 Å². The molecule has 0 aliphatic rings. The van der Waals surface area contributed by atoms with Crippen LogP contribution in [0, 0.1) is 5.92 Å². The van der Waals surface area contributed by atoms with Gasteiger partial charge >= 0.3 is 5.97 Å². The number of nitrogens with zero attached hydrogens (tertiary/aromatic N) is 1. The van der Waals surface area contributed by atoms with Crippen LogP contribution in [0.15, 0.2) is 70.2 Å². The summed E-state index contributed by atoms with van der Waals surface area (Å²) in [6, 6.07) is 16.0. The van der Waals surface area contributed by atoms with Crippen LogP contribution in [-0.2, 0) is 9.53 Å². The Labute approximate surface area is 214 Å². The Kier molecular flexibility index (Phi) is 9.41. The van der Waals surface area contributed by atoms with E-state index in [0.29, 0.717) is 34.3 Å². The van der Waals surface area contributed by atoms with E-state index >= 15 is 0 Å². The Hall–Kier alpha value is -3.91. The number of furan rings is 1. The van der Waals surface area contributed by atoms with Crippen molar-refractivity contribution in [1.29, 1.82) is 0 Å². The predicted molar refractivity (Wildman–Crippen MR) is 138 cm³/mol. The molecule has 2 amide bonds. The van der Waals surface area contributed by atoms with Crippen molar-refractivity contribution in [3.8, 4) is 11.3 Å². The topological polar surface area (TPSA) is 110 Å². The van der Waals surface area contributed by atoms with Gasteiger partial charge in [-0.15, -0.1) is 0 Å². The molecule has 0 spiro atoms. The number of ether oxygens (including phenoxy) is 1. The lowest BCUT2D eigenvalue weighted by Gasteiger charge is -2.20. The number of nitrogens with one attached hydrogen (secondary N) is 2. The molecule has 0 aliphatic heterocycles. The zero-order valence-corrected chi connectivity index (χ0v) is 21.0. The maximum Gasteiger partial charge on any atom is 0.338 e. The lowest BCUT2D eigenvalue weighted by atomic mass is 10.0. The molecule has 3 rings (SSSR count). The fraction of sp³-hybridized carbons (Fsp3) is 0.259. The largest absolute Gasteiger partial charge is 0.462 e. The van der Waals surface area contributed by atoms with Gasteiger partial charge in [0.25, 0.3) is 11.8 Å². The van der Waals surface area contributed by atoms with Gasteiger partial charge in [0, 0.05) is 16.1 Å². The highest BCUT2D eigenvalue weighted by atomic mass is 35.5. The van der Waals surface area contributed by atoms with Gasteiger partial charge in [-0.3, -0.25) is 9.59 Å². The summed E-state index contributed by atoms with van der Waals surface area (Å²) in [7, 11) is 0. The van der Waals surface area contributed by atoms with Crippen LogP contribution in [0.1, 0.15) is 53.7 Å². The van der Waals surface area contributed by atoms with E-state index in [2.05, 4.69) is 15.8 Å². The van der Waals surface area contributed by atoms with Crippen molar-refractivity contribution in [2.75, 3.05) is 6.61 Å². The quantitative estimate of drug-likeness (QED) is 0.225. The van der Waals surface area contributed by atoms with Crippen molar-refractivity contribution in [2.45, 2.75) is 33.2 Å². The molecule has 0 aliphatic carbocycles. The van der Waals surface area contributed by atoms with Crippen LogP contribution in [0.25, 0.3) is 11.3 Å². The Morgan fingerprint density at radius 1 is 1.06 bits per heavy atom. The standard InChI is InChI=1S/C27H28ClN3O5/c1-4-14-35-27(34)19-10-8-18(9-11-19)23-13-12-22(36-23)16-29-31-26(33)24(17(2)3)30-25(32)20-6-5-7-21(28)15-20/h5-13,15-17,24H,4,14H2,1-3H3,(H,30,32)(H,31,33)/b29-16-. The molecular formula is C27H28ClN3O5. The average Bonchev–Trinajstić information content (AvgIpc) is 3.34. The summed E-state index contributed by atoms with van der Waals surface area (Å²) < 4.78 is 10.9. The molecule has 2 N–H and O–H groups in total. The molecule has 9 heteroatoms. The summed E-state index contributed by atoms with van der Waals surface area (Å²) in [6.45, 7) is 5.95. The van der Waals surface area contributed by atoms with Crippen molar-refractivity contribution < 1.29 is 23.5 Å². The van der Waals surface area contributed by atoms with E-state index in [1.807, 2.05) is 20.8 Å². The number of hydrogen-bond donors (Lipinski definition) is 2. The number of hydrogen-bond acceptors (Lipinski definition) is 6. The minimum Gasteiger partial charge on any atom is -0.462 e. The summed E-state index contributed by atoms with van der Waals surface area (Å²) in [5, 5.41) is 7.11. The molecule has 3 aromatic rings. The molecule has 0 saturated heterocycles. The van der Waals surface area contributed by atoms with E-state index < -0.39 is 17.9 Å². The summed E-state index contributed by atoms with van der Waals surface area (Å²) in [5.74, 6) is -0.425. The molecule has 36 heavy (non-hydrogen) atoms. The summed E-state index contributed by atoms with van der Waals surface area (Å²) >= 11 is 5.95. The predicted octanol–water partition coefficient (Wildman–Crippen LogP) is 5.07. The Morgan fingerprint density at radius 2 is 1.81 bits per heavy atom. The van der Waals surface area contributed by atoms with E-state index in [4.69, 9.17) is 20.8 Å². The Morgan fingerprint density at radius 3 is 2.47 bits per heavy atom. The molecule has 0 fully saturated rings. The van der Waals surface area contributed by atoms with Gasteiger partial charge in [-0.05, 0) is 54.8 Å². The monoisotopic (exact) mass is 509 g/mol. The first kappa shape index (κ1) is 26.7. The van der Waals surface area contributed by atoms with Crippen molar-refractivity contribution in [1.82, 2.24) is 10.7 Å². The second-order valence-corrected chi connectivity index (χ2v) is 8.79. The molecule has 8 nitrogen and oxygen atoms in total. The van der Waals surface area contributed by atoms with Crippen LogP contribution >= 0.6 is 11.6 Å². The highest BCUT2D eigenvalue weighted by Crippen LogP contribution is 2.22. The Bertz CT molecular complexity index is 1230. The smallest absolute Gasteiger partial charge is 0.338 e. The molecular weight excluding hydrogens is 482 g/mol. The van der Waals surface area contributed by atoms with Crippen molar-refractivity contribution in [2.24, 2.45) is 11.0 Å². The minimum atomic E-state index is -0.802. The molecule has 188 valence electrons. The van der Waals surface area contributed by atoms with E-state index in [0.717, 1.165) is 12.0 Å². The fourth-order valence-corrected chi connectivity index (χ4v) is 3.43. The fourth-order valence-electron chi connectivity index (χ4n) is 3.24. The first-order valence-electron chi connectivity index (χ1n) is 11.5. The summed E-state index contributed by atoms with van der Waals surface area (Å²) in [6.07, 6.45) is 2.13. The second-order valence-electron chi connectivity index (χ2n) is 8.36. The highest BCUT2D eigenvalue weighted by molar-refractivity contribution is 6.31. The molecule has 0 bridgehead atoms. The molecule has 1 aromatic heterocycles. The van der Waals surface area contributed by atoms with Gasteiger partial charge in [-0.1, -0.05) is 50.6 Å². The summed E-state index contributed by atoms with van der Waals surface area (Å²) in [5.41, 5.74) is 4.04. The molecule has 1 unspecified atom stereocenters. The van der Waals surface area contributed by atoms with Crippen LogP contribution in [0.3, 0.4) is 0 Å². The van der Waals surface area contributed by atoms with Gasteiger partial charge in [-0.25, -0.2) is 10.2 Å². The Balaban J connectivity index is 1.59. The van der Waals surface area contributed by atoms with E-state index in [-0.39, 0.29) is 11.9 Å². The maximum absolute atomic E-state index is 12.7. The third kappa shape index (κ3) is 7.29. The van der Waals surface area contributed by atoms with Crippen LogP contribution < -0.4 is 10.7 Å². The number of rotatable bonds is 10. The lowest BCUT2D eigenvalue weighted by Crippen LogP contribution is -2.48. The van der Waals surface area contributed by atoms with Gasteiger partial charge in [0.15, 0.2) is 0 Å². The molecule has 2 aromatic carbocycles. The van der Waals surface area contributed by atoms with E-state index in [1.165, 1.54) is 12.3 Å². The average molecular weight is 510 g/mol. The third-order valence-corrected chi connectivity index (χ3v) is 5.39. The van der Waals surface area contributed by atoms with Gasteiger partial charge in [-0.2, -0.15) is 5.10 Å². The van der Waals surface area contributed by atoms with Crippen molar-refractivity contribution in [3.05, 3.63) is 82.6 Å². The van der Waals surface area contributed by atoms with E-state index in [1.54, 1.807) is 54.6 Å². The first-order chi connectivity index (χ1) is 17.3. The maximum atomic E-state index is 12.7. The van der Waals surface area contributed by atoms with Crippen molar-refractivity contribution in [3.63, 3.8) is 0 Å². The van der Waals surface area contributed by atoms with Gasteiger partial charge < -0.3 is 14.5 Å². The number of benzene rings is 2. The minimum absolute atomic E-state index is 0.180. The number of esters is 1. The second kappa shape index (κ2) is 12.7. The third-order valence-electron chi connectivity index (χ3n) is 5.16. The molecule has 1 atom stereocenters. The number of hydrazone groups is 1. The number of carbonyl (C=O) groups is 3. The van der Waals surface area contributed by atoms with Gasteiger partial charge in [0.1, 0.15) is 17.6 Å². The number of carbonyl (C=O) groups excluding carboxylic acids is 3. The lowest BCUT2D eigenvalue weighted by molar-refractivity contribution is -0.123. The zero-order valence-electron chi connectivity index (χ0n) is 20.3. The molecule has 0 saturated carbocycles. The van der Waals surface area contributed by atoms with Crippen LogP contribution in [0.4, 0.5) is 0 Å². The zero-order chi connectivity index (χ0) is 26.1. The van der Waals surface area contributed by atoms with Crippen LogP contribution in [0.2, 0.25) is 5.02 Å². The highest BCUT2D eigenvalue weighted by Gasteiger charge is 2.24. The van der Waals surface area contributed by atoms with Gasteiger partial charge in [0.2, 0.25) is 0 Å². The summed E-state index contributed by atoms with van der Waals surface area (Å²) in [4.78, 5) is 37.1. The number of halogens is 1. The van der Waals surface area contributed by atoms with Gasteiger partial charge in [0.05, 0.1) is 18.4 Å². The normalized spacial score (nSPS) is 11.9. The van der Waals surface area contributed by atoms with E-state index in [9.17, 15) is 14.4 Å². The number of amides is 2. The van der Waals surface area contributed by atoms with Crippen molar-refractivity contribution >= 4 is 35.6 Å². The molecule has 1 heterocycles. The SMILES string of the molecule is CCCOC(=O)c1ccc(-c2ccc(/C=N\NC(=O)C(NC(=O)c3cccc(Cl)c3)C(C)C)o2)cc1. The molecule has 0 radical (unpaired) electrons. The van der Waals surface area contributed by atoms with Crippen LogP contribution in [0.5, 0.6) is 0 Å². The first-order valence-corrected chi connectivity index (χ1v) is 11.9.